The molecule has 0 saturated carbocycles. The standard InChI is InChI=1S/C49H58N2O2/c1-8-12-15-35(9-2)32-53-49-31-38(23-22-37-29-47-43(27-34(37)6)42-26-33(5)18-25-45(42)51(47)11-4)48(52-7)30-39(49)21-19-36-20-24-41-40-16-13-14-17-44(40)50(10-3)46(41)28-36/h13-14,16-25,28-31,33-35H,8-12,15,26-27,32H2,1-7H3/b21-19+,23-22+. The summed E-state index contributed by atoms with van der Waals surface area (Å²) in [7, 11) is 1.78. The molecule has 0 spiro atoms. The van der Waals surface area contributed by atoms with Crippen LogP contribution in [-0.2, 0) is 25.9 Å². The van der Waals surface area contributed by atoms with Crippen LogP contribution in [0.25, 0.3) is 52.2 Å². The molecule has 4 nitrogen and oxygen atoms in total. The number of hydrogen-bond donors (Lipinski definition) is 0. The van der Waals surface area contributed by atoms with Crippen molar-refractivity contribution in [3.63, 3.8) is 0 Å². The van der Waals surface area contributed by atoms with Crippen molar-refractivity contribution < 1.29 is 9.47 Å². The molecule has 0 fully saturated rings. The van der Waals surface area contributed by atoms with Crippen LogP contribution in [0.1, 0.15) is 106 Å². The van der Waals surface area contributed by atoms with Gasteiger partial charge in [0.05, 0.1) is 13.7 Å². The lowest BCUT2D eigenvalue weighted by Crippen LogP contribution is -2.12. The van der Waals surface area contributed by atoms with Crippen LogP contribution in [0.3, 0.4) is 0 Å². The number of aromatic nitrogens is 2. The van der Waals surface area contributed by atoms with Gasteiger partial charge < -0.3 is 18.6 Å². The van der Waals surface area contributed by atoms with Gasteiger partial charge in [0, 0.05) is 57.4 Å². The Labute approximate surface area is 317 Å². The quantitative estimate of drug-likeness (QED) is 0.108. The Balaban J connectivity index is 1.24. The fourth-order valence-electron chi connectivity index (χ4n) is 8.64. The number of methoxy groups -OCH3 is 1. The first kappa shape index (κ1) is 36.6. The molecule has 53 heavy (non-hydrogen) atoms. The van der Waals surface area contributed by atoms with E-state index in [1.54, 1.807) is 18.2 Å². The third kappa shape index (κ3) is 7.30. The van der Waals surface area contributed by atoms with Crippen molar-refractivity contribution in [2.75, 3.05) is 13.7 Å². The van der Waals surface area contributed by atoms with Gasteiger partial charge in [-0.3, -0.25) is 0 Å². The van der Waals surface area contributed by atoms with E-state index in [0.29, 0.717) is 24.4 Å². The molecule has 0 saturated heterocycles. The zero-order valence-electron chi connectivity index (χ0n) is 33.0. The fourth-order valence-corrected chi connectivity index (χ4v) is 8.64. The molecule has 0 bridgehead atoms. The fraction of sp³-hybridized carbons (Fsp3) is 0.388. The second kappa shape index (κ2) is 16.1. The molecule has 3 atom stereocenters. The monoisotopic (exact) mass is 706 g/mol. The molecule has 0 amide bonds. The first-order chi connectivity index (χ1) is 25.9. The van der Waals surface area contributed by atoms with Crippen molar-refractivity contribution in [1.82, 2.24) is 9.13 Å². The zero-order valence-corrected chi connectivity index (χ0v) is 33.0. The van der Waals surface area contributed by atoms with Gasteiger partial charge in [0.25, 0.3) is 0 Å². The molecular weight excluding hydrogens is 649 g/mol. The average Bonchev–Trinajstić information content (AvgIpc) is 3.66. The predicted octanol–water partition coefficient (Wildman–Crippen LogP) is 12.9. The molecule has 5 aromatic rings. The number of rotatable bonds is 14. The van der Waals surface area contributed by atoms with Crippen LogP contribution in [0.5, 0.6) is 11.5 Å². The molecule has 2 aromatic heterocycles. The van der Waals surface area contributed by atoms with Gasteiger partial charge in [-0.15, -0.1) is 0 Å². The molecule has 0 N–H and O–H groups in total. The van der Waals surface area contributed by atoms with Crippen molar-refractivity contribution in [2.24, 2.45) is 17.8 Å². The maximum absolute atomic E-state index is 6.74. The predicted molar refractivity (Wildman–Crippen MR) is 228 cm³/mol. The molecule has 0 aliphatic heterocycles. The highest BCUT2D eigenvalue weighted by Crippen LogP contribution is 2.40. The van der Waals surface area contributed by atoms with Gasteiger partial charge in [0.1, 0.15) is 11.5 Å². The number of allylic oxidation sites excluding steroid dienone is 3. The van der Waals surface area contributed by atoms with Crippen LogP contribution in [0.2, 0.25) is 0 Å². The third-order valence-corrected chi connectivity index (χ3v) is 11.8. The molecule has 3 aromatic carbocycles. The first-order valence-corrected chi connectivity index (χ1v) is 20.2. The van der Waals surface area contributed by atoms with Crippen LogP contribution in [0.15, 0.2) is 72.3 Å². The molecule has 276 valence electrons. The van der Waals surface area contributed by atoms with E-state index in [1.807, 2.05) is 0 Å². The Hall–Kier alpha value is -4.70. The number of ether oxygens (including phenoxy) is 2. The van der Waals surface area contributed by atoms with Gasteiger partial charge in [0.2, 0.25) is 0 Å². The lowest BCUT2D eigenvalue weighted by atomic mass is 9.83. The van der Waals surface area contributed by atoms with Crippen LogP contribution in [0.4, 0.5) is 0 Å². The second-order valence-electron chi connectivity index (χ2n) is 15.3. The summed E-state index contributed by atoms with van der Waals surface area (Å²) in [5.74, 6) is 3.32. The Morgan fingerprint density at radius 1 is 0.774 bits per heavy atom. The summed E-state index contributed by atoms with van der Waals surface area (Å²) in [5, 5.41) is 2.60. The van der Waals surface area contributed by atoms with Gasteiger partial charge in [-0.2, -0.15) is 0 Å². The minimum atomic E-state index is 0.438. The van der Waals surface area contributed by atoms with Gasteiger partial charge >= 0.3 is 0 Å². The SMILES string of the molecule is CCCCC(CC)COc1cc(/C=C/C2=Cc3c(c4c(n3CC)C=CC(C)C4)CC2C)c(OC)cc1/C=C/c1ccc2c3ccccc3n(CC)c2c1. The average molecular weight is 707 g/mol. The van der Waals surface area contributed by atoms with Crippen molar-refractivity contribution in [1.29, 1.82) is 0 Å². The van der Waals surface area contributed by atoms with Crippen molar-refractivity contribution >= 4 is 52.2 Å². The van der Waals surface area contributed by atoms with E-state index in [-0.39, 0.29) is 0 Å². The third-order valence-electron chi connectivity index (χ3n) is 11.8. The molecule has 3 unspecified atom stereocenters. The van der Waals surface area contributed by atoms with E-state index >= 15 is 0 Å². The Morgan fingerprint density at radius 3 is 2.28 bits per heavy atom. The van der Waals surface area contributed by atoms with E-state index in [4.69, 9.17) is 9.47 Å². The summed E-state index contributed by atoms with van der Waals surface area (Å²) in [6.07, 6.45) is 23.1. The molecular formula is C49H58N2O2. The molecule has 7 rings (SSSR count). The number of nitrogens with zero attached hydrogens (tertiary/aromatic N) is 2. The normalized spacial score (nSPS) is 17.5. The maximum Gasteiger partial charge on any atom is 0.127 e. The van der Waals surface area contributed by atoms with E-state index in [0.717, 1.165) is 55.0 Å². The van der Waals surface area contributed by atoms with Crippen LogP contribution < -0.4 is 9.47 Å². The number of aryl methyl sites for hydroxylation is 1. The van der Waals surface area contributed by atoms with Crippen LogP contribution in [-0.4, -0.2) is 22.9 Å². The topological polar surface area (TPSA) is 28.3 Å². The molecule has 2 aliphatic rings. The summed E-state index contributed by atoms with van der Waals surface area (Å²) in [6, 6.07) is 19.9. The smallest absolute Gasteiger partial charge is 0.127 e. The first-order valence-electron chi connectivity index (χ1n) is 20.2. The lowest BCUT2D eigenvalue weighted by Gasteiger charge is -2.22. The van der Waals surface area contributed by atoms with E-state index < -0.39 is 0 Å². The number of hydrogen-bond acceptors (Lipinski definition) is 2. The molecule has 2 heterocycles. The van der Waals surface area contributed by atoms with E-state index in [9.17, 15) is 0 Å². The van der Waals surface area contributed by atoms with Crippen LogP contribution >= 0.6 is 0 Å². The number of para-hydroxylation sites is 1. The number of fused-ring (bicyclic) bond motifs is 6. The van der Waals surface area contributed by atoms with Crippen molar-refractivity contribution in [3.05, 3.63) is 112 Å². The highest BCUT2D eigenvalue weighted by Gasteiger charge is 2.28. The van der Waals surface area contributed by atoms with Gasteiger partial charge in [-0.25, -0.2) is 0 Å². The number of benzene rings is 3. The minimum absolute atomic E-state index is 0.438. The van der Waals surface area contributed by atoms with Gasteiger partial charge in [0.15, 0.2) is 0 Å². The highest BCUT2D eigenvalue weighted by atomic mass is 16.5. The minimum Gasteiger partial charge on any atom is -0.496 e. The summed E-state index contributed by atoms with van der Waals surface area (Å²) in [5.41, 5.74) is 13.1. The summed E-state index contributed by atoms with van der Waals surface area (Å²) in [4.78, 5) is 0. The summed E-state index contributed by atoms with van der Waals surface area (Å²) >= 11 is 0. The maximum atomic E-state index is 6.74. The Bertz CT molecular complexity index is 2220. The largest absolute Gasteiger partial charge is 0.496 e. The number of unbranched alkanes of at least 4 members (excludes halogenated alkanes) is 1. The lowest BCUT2D eigenvalue weighted by molar-refractivity contribution is 0.232. The van der Waals surface area contributed by atoms with Gasteiger partial charge in [-0.1, -0.05) is 108 Å². The van der Waals surface area contributed by atoms with E-state index in [2.05, 4.69) is 148 Å². The summed E-state index contributed by atoms with van der Waals surface area (Å²) < 4.78 is 17.7. The van der Waals surface area contributed by atoms with Gasteiger partial charge in [-0.05, 0) is 110 Å². The van der Waals surface area contributed by atoms with Crippen molar-refractivity contribution in [2.45, 2.75) is 93.2 Å². The van der Waals surface area contributed by atoms with Crippen LogP contribution in [0, 0.1) is 17.8 Å². The Morgan fingerprint density at radius 2 is 1.51 bits per heavy atom. The molecule has 0 radical (unpaired) electrons. The second-order valence-corrected chi connectivity index (χ2v) is 15.3. The molecule has 2 aliphatic carbocycles. The zero-order chi connectivity index (χ0) is 37.1. The van der Waals surface area contributed by atoms with E-state index in [1.165, 1.54) is 63.6 Å². The Kier molecular flexibility index (Phi) is 11.1. The molecule has 4 heteroatoms. The summed E-state index contributed by atoms with van der Waals surface area (Å²) in [6.45, 7) is 16.4. The highest BCUT2D eigenvalue weighted by molar-refractivity contribution is 6.08. The van der Waals surface area contributed by atoms with Crippen molar-refractivity contribution in [3.8, 4) is 11.5 Å².